The van der Waals surface area contributed by atoms with Crippen molar-refractivity contribution in [1.82, 2.24) is 0 Å². The second kappa shape index (κ2) is 16.5. The first-order valence-corrected chi connectivity index (χ1v) is 18.4. The minimum absolute atomic E-state index is 0.0338. The lowest BCUT2D eigenvalue weighted by Gasteiger charge is -2.23. The number of ether oxygens (including phenoxy) is 5. The Balaban J connectivity index is 1.48. The van der Waals surface area contributed by atoms with Crippen molar-refractivity contribution in [1.29, 1.82) is 0 Å². The van der Waals surface area contributed by atoms with Gasteiger partial charge in [0.15, 0.2) is 11.5 Å². The number of phenols is 1. The van der Waals surface area contributed by atoms with E-state index in [1.54, 1.807) is 79.7 Å². The van der Waals surface area contributed by atoms with E-state index in [0.29, 0.717) is 50.1 Å². The van der Waals surface area contributed by atoms with Crippen LogP contribution >= 0.6 is 15.9 Å². The lowest BCUT2D eigenvalue weighted by molar-refractivity contribution is -0.137. The van der Waals surface area contributed by atoms with Crippen LogP contribution in [0.15, 0.2) is 64.4 Å². The van der Waals surface area contributed by atoms with Crippen LogP contribution in [0.2, 0.25) is 0 Å². The number of methoxy groups -OCH3 is 2. The number of ketones is 1. The van der Waals surface area contributed by atoms with E-state index in [1.807, 2.05) is 6.07 Å². The third-order valence-electron chi connectivity index (χ3n) is 10.2. The highest BCUT2D eigenvalue weighted by molar-refractivity contribution is 9.10. The first-order valence-electron chi connectivity index (χ1n) is 17.6. The summed E-state index contributed by atoms with van der Waals surface area (Å²) in [6.07, 6.45) is 2.51. The molecule has 1 unspecified atom stereocenters. The SMILES string of the molecule is COC1=CC(=O)C=C(C)C1C(=O)Oc1c(C)c(C)c(C(=O)Oc2cc(C)c(C(=O)Oc3c(C)c(OC)c(C(=O)O)c(C)c3-c3ccccc3)c(C)c2C)c(O)c1Br. The number of carbonyl (C=O) groups excluding carboxylic acids is 4. The molecule has 0 saturated heterocycles. The van der Waals surface area contributed by atoms with Crippen molar-refractivity contribution in [2.45, 2.75) is 55.4 Å². The number of halogens is 1. The Morgan fingerprint density at radius 1 is 0.667 bits per heavy atom. The third kappa shape index (κ3) is 7.67. The number of aromatic carboxylic acids is 1. The molecule has 13 heteroatoms. The summed E-state index contributed by atoms with van der Waals surface area (Å²) in [5.74, 6) is -5.07. The molecule has 0 saturated carbocycles. The van der Waals surface area contributed by atoms with Crippen LogP contribution in [0.3, 0.4) is 0 Å². The van der Waals surface area contributed by atoms with Crippen molar-refractivity contribution in [3.63, 3.8) is 0 Å². The molecule has 0 heterocycles. The second-order valence-corrected chi connectivity index (χ2v) is 14.4. The van der Waals surface area contributed by atoms with Gasteiger partial charge in [0.2, 0.25) is 0 Å². The van der Waals surface area contributed by atoms with Gasteiger partial charge in [0, 0.05) is 17.2 Å². The van der Waals surface area contributed by atoms with E-state index < -0.39 is 35.5 Å². The molecule has 1 aliphatic carbocycles. The van der Waals surface area contributed by atoms with E-state index in [9.17, 15) is 34.2 Å². The molecule has 2 N–H and O–H groups in total. The number of hydrogen-bond acceptors (Lipinski definition) is 11. The van der Waals surface area contributed by atoms with Crippen molar-refractivity contribution in [3.05, 3.63) is 120 Å². The Morgan fingerprint density at radius 3 is 1.88 bits per heavy atom. The number of phenolic OH excluding ortho intramolecular Hbond substituents is 1. The van der Waals surface area contributed by atoms with Gasteiger partial charge in [-0.15, -0.1) is 0 Å². The number of hydrogen-bond donors (Lipinski definition) is 2. The van der Waals surface area contributed by atoms with E-state index in [2.05, 4.69) is 15.9 Å². The van der Waals surface area contributed by atoms with Gasteiger partial charge in [0.1, 0.15) is 50.3 Å². The summed E-state index contributed by atoms with van der Waals surface area (Å²) in [6, 6.07) is 10.5. The molecule has 0 bridgehead atoms. The van der Waals surface area contributed by atoms with Crippen molar-refractivity contribution >= 4 is 45.6 Å². The number of benzene rings is 4. The zero-order valence-corrected chi connectivity index (χ0v) is 34.6. The third-order valence-corrected chi connectivity index (χ3v) is 10.9. The van der Waals surface area contributed by atoms with Gasteiger partial charge in [-0.25, -0.2) is 14.4 Å². The van der Waals surface area contributed by atoms with Gasteiger partial charge in [-0.2, -0.15) is 0 Å². The van der Waals surface area contributed by atoms with Crippen LogP contribution in [0.1, 0.15) is 76.9 Å². The number of allylic oxidation sites excluding steroid dienone is 2. The smallest absolute Gasteiger partial charge is 0.347 e. The van der Waals surface area contributed by atoms with Gasteiger partial charge < -0.3 is 33.9 Å². The molecule has 4 aromatic rings. The minimum atomic E-state index is -1.19. The van der Waals surface area contributed by atoms with Gasteiger partial charge in [0.25, 0.3) is 0 Å². The Kier molecular flexibility index (Phi) is 12.1. The molecular weight excluding hydrogens is 800 g/mol. The highest BCUT2D eigenvalue weighted by atomic mass is 79.9. The molecule has 0 aliphatic heterocycles. The maximum atomic E-state index is 14.1. The number of carboxylic acid groups (broad SMARTS) is 1. The van der Waals surface area contributed by atoms with Crippen LogP contribution < -0.4 is 18.9 Å². The largest absolute Gasteiger partial charge is 0.506 e. The van der Waals surface area contributed by atoms with Crippen LogP contribution in [0.5, 0.6) is 28.7 Å². The number of esters is 3. The molecule has 4 aromatic carbocycles. The number of rotatable bonds is 10. The quantitative estimate of drug-likeness (QED) is 0.115. The average molecular weight is 842 g/mol. The normalized spacial score (nSPS) is 13.7. The molecule has 296 valence electrons. The predicted octanol–water partition coefficient (Wildman–Crippen LogP) is 8.71. The van der Waals surface area contributed by atoms with Crippen molar-refractivity contribution < 1.29 is 57.9 Å². The molecule has 1 atom stereocenters. The molecule has 0 aromatic heterocycles. The van der Waals surface area contributed by atoms with E-state index in [-0.39, 0.29) is 61.3 Å². The second-order valence-electron chi connectivity index (χ2n) is 13.6. The lowest BCUT2D eigenvalue weighted by atomic mass is 9.91. The van der Waals surface area contributed by atoms with E-state index in [0.717, 1.165) is 0 Å². The van der Waals surface area contributed by atoms with Gasteiger partial charge in [-0.05, 0) is 128 Å². The first-order chi connectivity index (χ1) is 26.9. The molecule has 12 nitrogen and oxygen atoms in total. The summed E-state index contributed by atoms with van der Waals surface area (Å²) < 4.78 is 28.4. The molecular formula is C44H41BrO12. The van der Waals surface area contributed by atoms with Gasteiger partial charge >= 0.3 is 23.9 Å². The fourth-order valence-corrected chi connectivity index (χ4v) is 7.60. The van der Waals surface area contributed by atoms with Crippen molar-refractivity contribution in [3.8, 4) is 39.9 Å². The van der Waals surface area contributed by atoms with Crippen LogP contribution in [-0.2, 0) is 14.3 Å². The van der Waals surface area contributed by atoms with Crippen LogP contribution in [0.4, 0.5) is 0 Å². The van der Waals surface area contributed by atoms with Gasteiger partial charge in [-0.1, -0.05) is 30.3 Å². The van der Waals surface area contributed by atoms with Crippen molar-refractivity contribution in [2.24, 2.45) is 5.92 Å². The molecule has 0 spiro atoms. The Hall–Kier alpha value is -6.21. The fourth-order valence-electron chi connectivity index (χ4n) is 7.02. The maximum Gasteiger partial charge on any atom is 0.347 e. The number of carbonyl (C=O) groups is 5. The summed E-state index contributed by atoms with van der Waals surface area (Å²) in [5, 5.41) is 21.4. The molecule has 5 rings (SSSR count). The predicted molar refractivity (Wildman–Crippen MR) is 214 cm³/mol. The molecule has 0 fully saturated rings. The fraction of sp³-hybridized carbons (Fsp3) is 0.250. The number of carboxylic acids is 1. The summed E-state index contributed by atoms with van der Waals surface area (Å²) in [4.78, 5) is 65.6. The number of aryl methyl sites for hydroxylation is 1. The average Bonchev–Trinajstić information content (AvgIpc) is 3.15. The summed E-state index contributed by atoms with van der Waals surface area (Å²) in [6.45, 7) is 13.0. The van der Waals surface area contributed by atoms with Crippen LogP contribution in [-0.4, -0.2) is 54.1 Å². The standard InChI is InChI=1S/C44H41BrO12/c1-19-16-28(46)18-30(53-9)32(19)43(51)57-40-24(6)23(5)34(37(47)36(40)45)44(52)55-29-17-20(2)31(22(4)21(29)3)42(50)56-39-26(8)38(54-10)35(41(48)49)25(7)33(39)27-14-12-11-13-15-27/h11-18,32,47H,1-10H3,(H,48,49). The molecule has 57 heavy (non-hydrogen) atoms. The highest BCUT2D eigenvalue weighted by Crippen LogP contribution is 2.46. The molecule has 1 aliphatic rings. The minimum Gasteiger partial charge on any atom is -0.506 e. The summed E-state index contributed by atoms with van der Waals surface area (Å²) in [7, 11) is 2.69. The Morgan fingerprint density at radius 2 is 1.28 bits per heavy atom. The van der Waals surface area contributed by atoms with Crippen molar-refractivity contribution in [2.75, 3.05) is 14.2 Å². The molecule has 0 amide bonds. The van der Waals surface area contributed by atoms with Crippen LogP contribution in [0, 0.1) is 54.4 Å². The van der Waals surface area contributed by atoms with Crippen LogP contribution in [0.25, 0.3) is 11.1 Å². The monoisotopic (exact) mass is 840 g/mol. The van der Waals surface area contributed by atoms with Gasteiger partial charge in [-0.3, -0.25) is 9.59 Å². The van der Waals surface area contributed by atoms with E-state index in [4.69, 9.17) is 23.7 Å². The maximum absolute atomic E-state index is 14.1. The topological polar surface area (TPSA) is 172 Å². The van der Waals surface area contributed by atoms with E-state index in [1.165, 1.54) is 32.4 Å². The Labute approximate surface area is 337 Å². The summed E-state index contributed by atoms with van der Waals surface area (Å²) >= 11 is 3.28. The Bertz CT molecular complexity index is 2430. The number of aromatic hydroxyl groups is 1. The first kappa shape index (κ1) is 41.9. The molecule has 0 radical (unpaired) electrons. The summed E-state index contributed by atoms with van der Waals surface area (Å²) in [5.41, 5.74) is 4.02. The zero-order valence-electron chi connectivity index (χ0n) is 33.1. The van der Waals surface area contributed by atoms with Gasteiger partial charge in [0.05, 0.1) is 19.8 Å². The lowest BCUT2D eigenvalue weighted by Crippen LogP contribution is -2.28. The zero-order chi connectivity index (χ0) is 42.2. The van der Waals surface area contributed by atoms with E-state index >= 15 is 0 Å². The highest BCUT2D eigenvalue weighted by Gasteiger charge is 2.35.